The molecular weight excluding hydrogens is 803 g/mol. The van der Waals surface area contributed by atoms with Crippen molar-refractivity contribution in [3.63, 3.8) is 0 Å². The van der Waals surface area contributed by atoms with Crippen LogP contribution in [0.25, 0.3) is 0 Å². The fourth-order valence-corrected chi connectivity index (χ4v) is 8.10. The number of phosphoric ester groups is 1. The van der Waals surface area contributed by atoms with Gasteiger partial charge in [-0.05, 0) is 44.9 Å². The van der Waals surface area contributed by atoms with Crippen molar-refractivity contribution in [2.75, 3.05) is 13.2 Å². The third-order valence-corrected chi connectivity index (χ3v) is 12.0. The van der Waals surface area contributed by atoms with Crippen LogP contribution in [0, 0.1) is 0 Å². The Labute approximate surface area is 368 Å². The van der Waals surface area contributed by atoms with Gasteiger partial charge in [0.15, 0.2) is 6.10 Å². The number of esters is 2. The number of hydrogen-bond acceptors (Lipinski definition) is 12. The molecule has 1 fully saturated rings. The minimum absolute atomic E-state index is 0.0893. The topological polar surface area (TPSA) is 210 Å². The zero-order valence-corrected chi connectivity index (χ0v) is 38.6. The van der Waals surface area contributed by atoms with Gasteiger partial charge < -0.3 is 39.9 Å². The fourth-order valence-electron chi connectivity index (χ4n) is 7.13. The van der Waals surface area contributed by atoms with Gasteiger partial charge in [0, 0.05) is 12.8 Å². The number of rotatable bonds is 39. The maximum atomic E-state index is 12.8. The highest BCUT2D eigenvalue weighted by atomic mass is 31.2. The number of allylic oxidation sites excluding steroid dienone is 6. The molecule has 61 heavy (non-hydrogen) atoms. The van der Waals surface area contributed by atoms with Crippen molar-refractivity contribution in [1.29, 1.82) is 0 Å². The van der Waals surface area contributed by atoms with E-state index in [4.69, 9.17) is 18.5 Å². The highest BCUT2D eigenvalue weighted by Gasteiger charge is 2.51. The van der Waals surface area contributed by atoms with Crippen LogP contribution >= 0.6 is 7.82 Å². The lowest BCUT2D eigenvalue weighted by molar-refractivity contribution is -0.220. The maximum Gasteiger partial charge on any atom is 0.472 e. The number of aliphatic hydroxyl groups is 5. The Bertz CT molecular complexity index is 1210. The van der Waals surface area contributed by atoms with Gasteiger partial charge in [-0.2, -0.15) is 0 Å². The first-order valence-electron chi connectivity index (χ1n) is 23.8. The van der Waals surface area contributed by atoms with Gasteiger partial charge in [-0.15, -0.1) is 0 Å². The van der Waals surface area contributed by atoms with Gasteiger partial charge in [0.25, 0.3) is 0 Å². The van der Waals surface area contributed by atoms with Crippen molar-refractivity contribution < 1.29 is 63.1 Å². The lowest BCUT2D eigenvalue weighted by atomic mass is 9.85. The smallest absolute Gasteiger partial charge is 0.462 e. The fraction of sp³-hybridized carbons (Fsp3) is 0.830. The Hall–Kier alpha value is -1.93. The second-order valence-electron chi connectivity index (χ2n) is 16.6. The van der Waals surface area contributed by atoms with E-state index in [1.54, 1.807) is 0 Å². The number of ether oxygens (including phenoxy) is 2. The van der Waals surface area contributed by atoms with E-state index in [0.717, 1.165) is 44.9 Å². The van der Waals surface area contributed by atoms with Gasteiger partial charge in [0.1, 0.15) is 43.2 Å². The first-order valence-corrected chi connectivity index (χ1v) is 25.3. The van der Waals surface area contributed by atoms with Gasteiger partial charge in [0.2, 0.25) is 0 Å². The van der Waals surface area contributed by atoms with E-state index in [1.807, 2.05) is 12.2 Å². The Kier molecular flexibility index (Phi) is 35.0. The van der Waals surface area contributed by atoms with E-state index >= 15 is 0 Å². The SMILES string of the molecule is CCCCCCCCC=CCC=CCC=CCCCC(=O)OCC(COP(=O)(O)OC1C(O)C(O)C(O)C(O)C1O)OC(=O)CCCCCCCCCCCCCCCCC. The minimum Gasteiger partial charge on any atom is -0.462 e. The van der Waals surface area contributed by atoms with E-state index in [2.05, 4.69) is 38.2 Å². The molecule has 1 rings (SSSR count). The zero-order chi connectivity index (χ0) is 45.0. The lowest BCUT2D eigenvalue weighted by Crippen LogP contribution is -2.64. The summed E-state index contributed by atoms with van der Waals surface area (Å²) in [4.78, 5) is 35.7. The summed E-state index contributed by atoms with van der Waals surface area (Å²) in [6.07, 6.45) is 29.2. The molecule has 0 aromatic rings. The number of aliphatic hydroxyl groups excluding tert-OH is 5. The Balaban J connectivity index is 2.48. The van der Waals surface area contributed by atoms with Gasteiger partial charge in [0.05, 0.1) is 6.61 Å². The minimum atomic E-state index is -5.13. The van der Waals surface area contributed by atoms with Crippen LogP contribution in [-0.4, -0.2) is 98.3 Å². The van der Waals surface area contributed by atoms with Crippen molar-refractivity contribution in [3.8, 4) is 0 Å². The van der Waals surface area contributed by atoms with Crippen LogP contribution in [0.5, 0.6) is 0 Å². The van der Waals surface area contributed by atoms with E-state index in [1.165, 1.54) is 103 Å². The predicted molar refractivity (Wildman–Crippen MR) is 240 cm³/mol. The molecule has 6 N–H and O–H groups in total. The third kappa shape index (κ3) is 30.0. The first kappa shape index (κ1) is 57.1. The average Bonchev–Trinajstić information content (AvgIpc) is 3.24. The van der Waals surface area contributed by atoms with Crippen molar-refractivity contribution in [2.45, 2.75) is 236 Å². The molecule has 6 unspecified atom stereocenters. The highest BCUT2D eigenvalue weighted by molar-refractivity contribution is 7.47. The molecule has 1 aliphatic carbocycles. The second-order valence-corrected chi connectivity index (χ2v) is 18.0. The molecule has 6 atom stereocenters. The monoisotopic (exact) mass is 889 g/mol. The zero-order valence-electron chi connectivity index (χ0n) is 37.7. The predicted octanol–water partition coefficient (Wildman–Crippen LogP) is 9.39. The molecular formula is C47H85O13P. The van der Waals surface area contributed by atoms with Crippen molar-refractivity contribution in [3.05, 3.63) is 36.5 Å². The van der Waals surface area contributed by atoms with Crippen LogP contribution in [0.3, 0.4) is 0 Å². The van der Waals surface area contributed by atoms with E-state index in [-0.39, 0.29) is 12.8 Å². The molecule has 0 bridgehead atoms. The van der Waals surface area contributed by atoms with E-state index in [0.29, 0.717) is 19.3 Å². The lowest BCUT2D eigenvalue weighted by Gasteiger charge is -2.41. The second kappa shape index (κ2) is 37.4. The molecule has 0 amide bonds. The Morgan fingerprint density at radius 3 is 1.39 bits per heavy atom. The molecule has 0 aromatic heterocycles. The summed E-state index contributed by atoms with van der Waals surface area (Å²) in [7, 11) is -5.13. The van der Waals surface area contributed by atoms with Crippen LogP contribution in [0.15, 0.2) is 36.5 Å². The number of carbonyl (C=O) groups excluding carboxylic acids is 2. The van der Waals surface area contributed by atoms with E-state index < -0.39 is 75.7 Å². The molecule has 14 heteroatoms. The number of carbonyl (C=O) groups is 2. The van der Waals surface area contributed by atoms with Gasteiger partial charge in [-0.25, -0.2) is 4.57 Å². The standard InChI is InChI=1S/C47H85O13P/c1-3-5-7-9-11-13-15-17-19-20-22-23-25-27-29-31-33-35-40(48)57-37-39(38-58-61(55,56)60-47-45(53)43(51)42(50)44(52)46(47)54)59-41(49)36-34-32-30-28-26-24-21-18-16-14-12-10-8-6-4-2/h17,19,22-23,27,29,39,42-47,50-54H,3-16,18,20-21,24-26,28,30-38H2,1-2H3,(H,55,56). The molecule has 0 saturated heterocycles. The summed E-state index contributed by atoms with van der Waals surface area (Å²) in [6.45, 7) is 3.26. The molecule has 0 heterocycles. The molecule has 356 valence electrons. The maximum absolute atomic E-state index is 12.8. The quantitative estimate of drug-likeness (QED) is 0.0147. The van der Waals surface area contributed by atoms with Crippen LogP contribution in [0.1, 0.15) is 194 Å². The Morgan fingerprint density at radius 2 is 0.902 bits per heavy atom. The molecule has 13 nitrogen and oxygen atoms in total. The number of hydrogen-bond donors (Lipinski definition) is 6. The molecule has 0 radical (unpaired) electrons. The summed E-state index contributed by atoms with van der Waals surface area (Å²) in [6, 6.07) is 0. The summed E-state index contributed by atoms with van der Waals surface area (Å²) < 4.78 is 33.5. The third-order valence-electron chi connectivity index (χ3n) is 11.0. The first-order chi connectivity index (χ1) is 29.4. The van der Waals surface area contributed by atoms with Crippen LogP contribution < -0.4 is 0 Å². The highest BCUT2D eigenvalue weighted by Crippen LogP contribution is 2.47. The van der Waals surface area contributed by atoms with Crippen LogP contribution in [0.4, 0.5) is 0 Å². The largest absolute Gasteiger partial charge is 0.472 e. The number of unbranched alkanes of at least 4 members (excludes halogenated alkanes) is 21. The van der Waals surface area contributed by atoms with Crippen LogP contribution in [-0.2, 0) is 32.7 Å². The molecule has 0 aromatic carbocycles. The summed E-state index contributed by atoms with van der Waals surface area (Å²) in [5.74, 6) is -1.15. The normalized spacial score (nSPS) is 22.3. The van der Waals surface area contributed by atoms with E-state index in [9.17, 15) is 44.6 Å². The van der Waals surface area contributed by atoms with Crippen molar-refractivity contribution >= 4 is 19.8 Å². The van der Waals surface area contributed by atoms with Crippen molar-refractivity contribution in [1.82, 2.24) is 0 Å². The molecule has 0 spiro atoms. The van der Waals surface area contributed by atoms with Crippen LogP contribution in [0.2, 0.25) is 0 Å². The number of phosphoric acid groups is 1. The molecule has 1 aliphatic rings. The summed E-state index contributed by atoms with van der Waals surface area (Å²) >= 11 is 0. The van der Waals surface area contributed by atoms with Gasteiger partial charge in [-0.3, -0.25) is 18.6 Å². The Morgan fingerprint density at radius 1 is 0.508 bits per heavy atom. The summed E-state index contributed by atoms with van der Waals surface area (Å²) in [5.41, 5.74) is 0. The van der Waals surface area contributed by atoms with Gasteiger partial charge in [-0.1, -0.05) is 172 Å². The molecule has 0 aliphatic heterocycles. The molecule has 1 saturated carbocycles. The summed E-state index contributed by atoms with van der Waals surface area (Å²) in [5, 5.41) is 50.1. The average molecular weight is 889 g/mol. The van der Waals surface area contributed by atoms with Gasteiger partial charge >= 0.3 is 19.8 Å². The van der Waals surface area contributed by atoms with Crippen molar-refractivity contribution in [2.24, 2.45) is 0 Å².